The van der Waals surface area contributed by atoms with Gasteiger partial charge in [-0.3, -0.25) is 4.57 Å². The van der Waals surface area contributed by atoms with Crippen molar-refractivity contribution >= 4 is 42.1 Å². The van der Waals surface area contributed by atoms with Crippen LogP contribution in [0.25, 0.3) is 10.4 Å². The number of thiophene rings is 1. The van der Waals surface area contributed by atoms with Crippen LogP contribution in [0.2, 0.25) is 0 Å². The molecule has 0 atom stereocenters. The van der Waals surface area contributed by atoms with Crippen LogP contribution in [0.4, 0.5) is 11.4 Å². The molecule has 0 unspecified atom stereocenters. The lowest BCUT2D eigenvalue weighted by Gasteiger charge is -2.33. The summed E-state index contributed by atoms with van der Waals surface area (Å²) < 4.78 is 11.3. The molecule has 0 radical (unpaired) electrons. The first-order valence-corrected chi connectivity index (χ1v) is 12.5. The molecule has 2 aromatic carbocycles. The van der Waals surface area contributed by atoms with Gasteiger partial charge in [-0.25, -0.2) is 0 Å². The van der Waals surface area contributed by atoms with E-state index in [1.807, 2.05) is 0 Å². The van der Waals surface area contributed by atoms with Crippen molar-refractivity contribution in [2.24, 2.45) is 0 Å². The number of rotatable bonds is 5. The van der Waals surface area contributed by atoms with Crippen LogP contribution in [0.3, 0.4) is 0 Å². The van der Waals surface area contributed by atoms with E-state index in [0.29, 0.717) is 13.0 Å². The molecule has 2 N–H and O–H groups in total. The Kier molecular flexibility index (Phi) is 5.43. The zero-order valence-corrected chi connectivity index (χ0v) is 18.3. The van der Waals surface area contributed by atoms with E-state index in [0.717, 1.165) is 11.4 Å². The fourth-order valence-corrected chi connectivity index (χ4v) is 6.06. The quantitative estimate of drug-likeness (QED) is 0.471. The highest BCUT2D eigenvalue weighted by Gasteiger charge is 2.25. The van der Waals surface area contributed by atoms with Gasteiger partial charge >= 0.3 is 7.60 Å². The molecule has 1 aliphatic heterocycles. The topological polar surface area (TPSA) is 60.8 Å². The van der Waals surface area contributed by atoms with Crippen molar-refractivity contribution in [1.82, 2.24) is 0 Å². The van der Waals surface area contributed by atoms with Crippen molar-refractivity contribution in [3.05, 3.63) is 59.0 Å². The van der Waals surface area contributed by atoms with Crippen molar-refractivity contribution in [1.29, 1.82) is 0 Å². The summed E-state index contributed by atoms with van der Waals surface area (Å²) in [7, 11) is -3.99. The van der Waals surface area contributed by atoms with Gasteiger partial charge in [-0.05, 0) is 67.8 Å². The van der Waals surface area contributed by atoms with Crippen molar-refractivity contribution in [2.75, 3.05) is 17.6 Å². The molecule has 0 spiro atoms. The summed E-state index contributed by atoms with van der Waals surface area (Å²) >= 11 is 3.55. The standard InChI is InChI=1S/C21H22NO3PS2/c1-14-4-7-17-20(12-14)28-21-13-16(19-9-5-15(2)27-19)6-8-18(21)22(17)10-3-11-26(23,24)25/h4-9,12-13H,3,10-11H2,1-2H3,(H2,23,24,25). The summed E-state index contributed by atoms with van der Waals surface area (Å²) in [5.41, 5.74) is 4.61. The lowest BCUT2D eigenvalue weighted by molar-refractivity contribution is 0.372. The van der Waals surface area contributed by atoms with Gasteiger partial charge in [0.15, 0.2) is 0 Å². The number of hydrogen-bond donors (Lipinski definition) is 2. The molecule has 0 fully saturated rings. The summed E-state index contributed by atoms with van der Waals surface area (Å²) in [5, 5.41) is 0. The second kappa shape index (κ2) is 7.69. The summed E-state index contributed by atoms with van der Waals surface area (Å²) in [6.45, 7) is 4.77. The minimum absolute atomic E-state index is 0.0975. The molecule has 4 nitrogen and oxygen atoms in total. The third-order valence-electron chi connectivity index (χ3n) is 4.73. The first kappa shape index (κ1) is 19.7. The zero-order chi connectivity index (χ0) is 19.9. The van der Waals surface area contributed by atoms with Crippen LogP contribution in [0.1, 0.15) is 16.9 Å². The average molecular weight is 432 g/mol. The SMILES string of the molecule is Cc1ccc2c(c1)Sc1cc(-c3ccc(C)s3)ccc1N2CCCP(=O)(O)O. The van der Waals surface area contributed by atoms with Gasteiger partial charge in [0.1, 0.15) is 0 Å². The first-order valence-electron chi connectivity index (χ1n) is 9.12. The Labute approximate surface area is 173 Å². The van der Waals surface area contributed by atoms with Crippen LogP contribution in [0, 0.1) is 13.8 Å². The van der Waals surface area contributed by atoms with Crippen LogP contribution >= 0.6 is 30.7 Å². The normalized spacial score (nSPS) is 13.4. The molecule has 0 aliphatic carbocycles. The highest BCUT2D eigenvalue weighted by Crippen LogP contribution is 2.50. The number of hydrogen-bond acceptors (Lipinski definition) is 4. The summed E-state index contributed by atoms with van der Waals surface area (Å²) in [5.74, 6) is 0. The lowest BCUT2D eigenvalue weighted by atomic mass is 10.1. The van der Waals surface area contributed by atoms with E-state index in [2.05, 4.69) is 67.3 Å². The smallest absolute Gasteiger partial charge is 0.325 e. The van der Waals surface area contributed by atoms with Gasteiger partial charge < -0.3 is 14.7 Å². The molecule has 4 rings (SSSR count). The predicted molar refractivity (Wildman–Crippen MR) is 118 cm³/mol. The van der Waals surface area contributed by atoms with Crippen LogP contribution in [-0.2, 0) is 4.57 Å². The second-order valence-electron chi connectivity index (χ2n) is 7.06. The predicted octanol–water partition coefficient (Wildman–Crippen LogP) is 6.20. The highest BCUT2D eigenvalue weighted by molar-refractivity contribution is 7.99. The summed E-state index contributed by atoms with van der Waals surface area (Å²) in [6.07, 6.45) is 0.341. The number of nitrogens with zero attached hydrogens (tertiary/aromatic N) is 1. The maximum absolute atomic E-state index is 11.3. The molecule has 1 aromatic heterocycles. The highest BCUT2D eigenvalue weighted by atomic mass is 32.2. The van der Waals surface area contributed by atoms with Crippen LogP contribution in [-0.4, -0.2) is 22.5 Å². The molecule has 0 amide bonds. The molecule has 146 valence electrons. The van der Waals surface area contributed by atoms with E-state index in [4.69, 9.17) is 0 Å². The number of anilines is 2. The minimum Gasteiger partial charge on any atom is -0.340 e. The third kappa shape index (κ3) is 4.22. The van der Waals surface area contributed by atoms with Gasteiger partial charge in [-0.15, -0.1) is 11.3 Å². The zero-order valence-electron chi connectivity index (χ0n) is 15.8. The Balaban J connectivity index is 1.71. The molecule has 28 heavy (non-hydrogen) atoms. The van der Waals surface area contributed by atoms with Gasteiger partial charge in [0.2, 0.25) is 0 Å². The fourth-order valence-electron chi connectivity index (χ4n) is 3.41. The summed E-state index contributed by atoms with van der Waals surface area (Å²) in [6, 6.07) is 17.2. The van der Waals surface area contributed by atoms with Crippen molar-refractivity contribution in [3.8, 4) is 10.4 Å². The molecule has 0 saturated heterocycles. The lowest BCUT2D eigenvalue weighted by Crippen LogP contribution is -2.22. The van der Waals surface area contributed by atoms with E-state index in [1.165, 1.54) is 30.7 Å². The number of aryl methyl sites for hydroxylation is 2. The monoisotopic (exact) mass is 431 g/mol. The molecule has 0 bridgehead atoms. The Bertz CT molecular complexity index is 1070. The average Bonchev–Trinajstić information content (AvgIpc) is 3.06. The van der Waals surface area contributed by atoms with Crippen LogP contribution in [0.15, 0.2) is 58.3 Å². The van der Waals surface area contributed by atoms with E-state index in [-0.39, 0.29) is 6.16 Å². The molecule has 2 heterocycles. The molecule has 1 aliphatic rings. The van der Waals surface area contributed by atoms with Gasteiger partial charge in [-0.2, -0.15) is 0 Å². The number of benzene rings is 2. The van der Waals surface area contributed by atoms with Crippen LogP contribution < -0.4 is 4.90 Å². The van der Waals surface area contributed by atoms with Crippen molar-refractivity contribution in [2.45, 2.75) is 30.1 Å². The Morgan fingerprint density at radius 2 is 1.68 bits per heavy atom. The van der Waals surface area contributed by atoms with E-state index >= 15 is 0 Å². The Hall–Kier alpha value is -1.56. The van der Waals surface area contributed by atoms with E-state index in [1.54, 1.807) is 23.1 Å². The molecule has 7 heteroatoms. The maximum atomic E-state index is 11.3. The van der Waals surface area contributed by atoms with Crippen LogP contribution in [0.5, 0.6) is 0 Å². The minimum atomic E-state index is -3.99. The van der Waals surface area contributed by atoms with Gasteiger partial charge in [0.25, 0.3) is 0 Å². The van der Waals surface area contributed by atoms with Gasteiger partial charge in [0.05, 0.1) is 17.5 Å². The fraction of sp³-hybridized carbons (Fsp3) is 0.238. The molecular weight excluding hydrogens is 409 g/mol. The maximum Gasteiger partial charge on any atom is 0.325 e. The third-order valence-corrected chi connectivity index (χ3v) is 7.77. The van der Waals surface area contributed by atoms with E-state index in [9.17, 15) is 14.4 Å². The Morgan fingerprint density at radius 1 is 0.964 bits per heavy atom. The van der Waals surface area contributed by atoms with Gasteiger partial charge in [-0.1, -0.05) is 23.9 Å². The van der Waals surface area contributed by atoms with Gasteiger partial charge in [0, 0.05) is 26.1 Å². The number of fused-ring (bicyclic) bond motifs is 2. The first-order chi connectivity index (χ1) is 13.3. The Morgan fingerprint density at radius 3 is 2.36 bits per heavy atom. The molecule has 3 aromatic rings. The van der Waals surface area contributed by atoms with Crippen molar-refractivity contribution in [3.63, 3.8) is 0 Å². The molecule has 0 saturated carbocycles. The second-order valence-corrected chi connectivity index (χ2v) is 11.2. The summed E-state index contributed by atoms with van der Waals surface area (Å²) in [4.78, 5) is 25.6. The largest absolute Gasteiger partial charge is 0.340 e. The van der Waals surface area contributed by atoms with Crippen molar-refractivity contribution < 1.29 is 14.4 Å². The molecular formula is C21H22NO3PS2. The van der Waals surface area contributed by atoms with E-state index < -0.39 is 7.60 Å².